The molecule has 0 aliphatic heterocycles. The van der Waals surface area contributed by atoms with E-state index in [1.807, 2.05) is 32.0 Å². The number of carbonyl (C=O) groups is 1. The lowest BCUT2D eigenvalue weighted by Gasteiger charge is -2.19. The largest absolute Gasteiger partial charge is 0.416 e. The first-order chi connectivity index (χ1) is 14.5. The van der Waals surface area contributed by atoms with Crippen LogP contribution >= 0.6 is 0 Å². The first-order valence-electron chi connectivity index (χ1n) is 10.1. The topological polar surface area (TPSA) is 17.1 Å². The van der Waals surface area contributed by atoms with Gasteiger partial charge in [0.1, 0.15) is 11.6 Å². The van der Waals surface area contributed by atoms with Gasteiger partial charge in [-0.15, -0.1) is 0 Å². The van der Waals surface area contributed by atoms with E-state index in [-0.39, 0.29) is 23.4 Å². The molecule has 1 nitrogen and oxygen atoms in total. The van der Waals surface area contributed by atoms with Crippen molar-refractivity contribution >= 4 is 5.78 Å². The predicted octanol–water partition coefficient (Wildman–Crippen LogP) is 7.90. The molecule has 0 saturated carbocycles. The zero-order valence-electron chi connectivity index (χ0n) is 17.6. The Labute approximate surface area is 179 Å². The monoisotopic (exact) mass is 428 g/mol. The van der Waals surface area contributed by atoms with Crippen molar-refractivity contribution in [2.24, 2.45) is 5.92 Å². The smallest absolute Gasteiger partial charge is 0.299 e. The van der Waals surface area contributed by atoms with E-state index in [9.17, 15) is 22.4 Å². The molecule has 162 valence electrons. The average Bonchev–Trinajstić information content (AvgIpc) is 2.71. The number of halogens is 4. The molecule has 0 radical (unpaired) electrons. The standard InChI is InChI=1S/C26H24F4O/c1-16(2)12-25(17(3)31)22-14-20(18-4-8-23(9-5-18)26(28,29)30)13-21(15-22)19-6-10-24(27)11-7-19/h4-11,13-16,25H,12H2,1-3H3. The van der Waals surface area contributed by atoms with E-state index >= 15 is 0 Å². The fraction of sp³-hybridized carbons (Fsp3) is 0.269. The summed E-state index contributed by atoms with van der Waals surface area (Å²) < 4.78 is 52.3. The molecule has 0 aromatic heterocycles. The van der Waals surface area contributed by atoms with E-state index in [4.69, 9.17) is 0 Å². The Morgan fingerprint density at radius 1 is 0.806 bits per heavy atom. The second-order valence-electron chi connectivity index (χ2n) is 8.22. The minimum atomic E-state index is -4.41. The van der Waals surface area contributed by atoms with Crippen LogP contribution in [0.2, 0.25) is 0 Å². The highest BCUT2D eigenvalue weighted by molar-refractivity contribution is 5.85. The lowest BCUT2D eigenvalue weighted by atomic mass is 9.84. The second kappa shape index (κ2) is 9.04. The maximum Gasteiger partial charge on any atom is 0.416 e. The Balaban J connectivity index is 2.14. The number of hydrogen-bond donors (Lipinski definition) is 0. The molecule has 5 heteroatoms. The normalized spacial score (nSPS) is 12.8. The maximum absolute atomic E-state index is 13.4. The van der Waals surface area contributed by atoms with Crippen molar-refractivity contribution in [3.05, 3.63) is 83.7 Å². The number of Topliss-reactive ketones (excluding diaryl/α,β-unsaturated/α-hetero) is 1. The van der Waals surface area contributed by atoms with E-state index in [1.54, 1.807) is 19.1 Å². The van der Waals surface area contributed by atoms with Crippen LogP contribution in [0.25, 0.3) is 22.3 Å². The van der Waals surface area contributed by atoms with Gasteiger partial charge in [0.25, 0.3) is 0 Å². The first kappa shape index (κ1) is 22.7. The molecule has 0 aliphatic rings. The summed E-state index contributed by atoms with van der Waals surface area (Å²) in [6.45, 7) is 5.63. The molecule has 0 fully saturated rings. The Hall–Kier alpha value is -2.95. The van der Waals surface area contributed by atoms with Crippen LogP contribution in [0.15, 0.2) is 66.7 Å². The van der Waals surface area contributed by atoms with Gasteiger partial charge in [-0.3, -0.25) is 4.79 Å². The molecule has 0 bridgehead atoms. The van der Waals surface area contributed by atoms with Crippen LogP contribution in [0.5, 0.6) is 0 Å². The molecular formula is C26H24F4O. The predicted molar refractivity (Wildman–Crippen MR) is 115 cm³/mol. The molecule has 0 saturated heterocycles. The van der Waals surface area contributed by atoms with Gasteiger partial charge in [-0.05, 0) is 77.4 Å². The van der Waals surface area contributed by atoms with Crippen molar-refractivity contribution in [1.29, 1.82) is 0 Å². The maximum atomic E-state index is 13.4. The third-order valence-electron chi connectivity index (χ3n) is 5.28. The summed E-state index contributed by atoms with van der Waals surface area (Å²) in [5.74, 6) is -0.362. The third kappa shape index (κ3) is 5.60. The Morgan fingerprint density at radius 3 is 1.71 bits per heavy atom. The van der Waals surface area contributed by atoms with Gasteiger partial charge in [-0.1, -0.05) is 50.2 Å². The highest BCUT2D eigenvalue weighted by Gasteiger charge is 2.30. The molecule has 3 aromatic carbocycles. The van der Waals surface area contributed by atoms with Gasteiger partial charge in [0.2, 0.25) is 0 Å². The number of alkyl halides is 3. The number of carbonyl (C=O) groups excluding carboxylic acids is 1. The van der Waals surface area contributed by atoms with Crippen LogP contribution in [-0.4, -0.2) is 5.78 Å². The Kier molecular flexibility index (Phi) is 6.63. The van der Waals surface area contributed by atoms with E-state index in [0.29, 0.717) is 17.5 Å². The van der Waals surface area contributed by atoms with E-state index < -0.39 is 11.7 Å². The number of benzene rings is 3. The van der Waals surface area contributed by atoms with E-state index in [0.717, 1.165) is 28.8 Å². The fourth-order valence-corrected chi connectivity index (χ4v) is 3.69. The van der Waals surface area contributed by atoms with E-state index in [1.165, 1.54) is 24.3 Å². The molecule has 1 atom stereocenters. The lowest BCUT2D eigenvalue weighted by molar-refractivity contribution is -0.137. The molecule has 3 rings (SSSR count). The SMILES string of the molecule is CC(=O)C(CC(C)C)c1cc(-c2ccc(F)cc2)cc(-c2ccc(C(F)(F)F)cc2)c1. The van der Waals surface area contributed by atoms with Crippen LogP contribution in [0, 0.1) is 11.7 Å². The molecule has 1 unspecified atom stereocenters. The fourth-order valence-electron chi connectivity index (χ4n) is 3.69. The minimum absolute atomic E-state index is 0.0309. The lowest BCUT2D eigenvalue weighted by Crippen LogP contribution is -2.12. The molecule has 0 aliphatic carbocycles. The van der Waals surface area contributed by atoms with Gasteiger partial charge in [-0.25, -0.2) is 4.39 Å². The zero-order valence-corrected chi connectivity index (χ0v) is 17.6. The van der Waals surface area contributed by atoms with Crippen molar-refractivity contribution in [1.82, 2.24) is 0 Å². The molecule has 0 heterocycles. The number of hydrogen-bond acceptors (Lipinski definition) is 1. The summed E-state index contributed by atoms with van der Waals surface area (Å²) in [6, 6.07) is 16.6. The molecule has 3 aromatic rings. The quantitative estimate of drug-likeness (QED) is 0.365. The Morgan fingerprint density at radius 2 is 1.29 bits per heavy atom. The summed E-state index contributed by atoms with van der Waals surface area (Å²) in [7, 11) is 0. The summed E-state index contributed by atoms with van der Waals surface area (Å²) in [6.07, 6.45) is -3.74. The second-order valence-corrected chi connectivity index (χ2v) is 8.22. The van der Waals surface area contributed by atoms with Crippen LogP contribution < -0.4 is 0 Å². The van der Waals surface area contributed by atoms with Gasteiger partial charge in [0, 0.05) is 5.92 Å². The highest BCUT2D eigenvalue weighted by atomic mass is 19.4. The van der Waals surface area contributed by atoms with Gasteiger partial charge in [-0.2, -0.15) is 13.2 Å². The summed E-state index contributed by atoms with van der Waals surface area (Å²) in [5.41, 5.74) is 2.96. The van der Waals surface area contributed by atoms with E-state index in [2.05, 4.69) is 0 Å². The van der Waals surface area contributed by atoms with Crippen LogP contribution in [-0.2, 0) is 11.0 Å². The third-order valence-corrected chi connectivity index (χ3v) is 5.28. The van der Waals surface area contributed by atoms with Gasteiger partial charge in [0.15, 0.2) is 0 Å². The summed E-state index contributed by atoms with van der Waals surface area (Å²) in [4.78, 5) is 12.4. The molecule has 0 spiro atoms. The van der Waals surface area contributed by atoms with Crippen molar-refractivity contribution in [3.8, 4) is 22.3 Å². The van der Waals surface area contributed by atoms with Crippen LogP contribution in [0.1, 0.15) is 44.2 Å². The molecule has 0 N–H and O–H groups in total. The highest BCUT2D eigenvalue weighted by Crippen LogP contribution is 2.35. The Bertz CT molecular complexity index is 1050. The number of ketones is 1. The van der Waals surface area contributed by atoms with Gasteiger partial charge in [0.05, 0.1) is 5.56 Å². The van der Waals surface area contributed by atoms with Crippen molar-refractivity contribution < 1.29 is 22.4 Å². The van der Waals surface area contributed by atoms with Gasteiger partial charge < -0.3 is 0 Å². The molecular weight excluding hydrogens is 404 g/mol. The summed E-state index contributed by atoms with van der Waals surface area (Å²) >= 11 is 0. The van der Waals surface area contributed by atoms with Crippen LogP contribution in [0.3, 0.4) is 0 Å². The van der Waals surface area contributed by atoms with Gasteiger partial charge >= 0.3 is 6.18 Å². The first-order valence-corrected chi connectivity index (χ1v) is 10.1. The minimum Gasteiger partial charge on any atom is -0.299 e. The molecule has 0 amide bonds. The van der Waals surface area contributed by atoms with Crippen molar-refractivity contribution in [2.75, 3.05) is 0 Å². The number of rotatable bonds is 6. The zero-order chi connectivity index (χ0) is 22.8. The summed E-state index contributed by atoms with van der Waals surface area (Å²) in [5, 5.41) is 0. The molecule has 31 heavy (non-hydrogen) atoms. The average molecular weight is 428 g/mol. The van der Waals surface area contributed by atoms with Crippen molar-refractivity contribution in [3.63, 3.8) is 0 Å². The van der Waals surface area contributed by atoms with Crippen molar-refractivity contribution in [2.45, 2.75) is 39.3 Å². The van der Waals surface area contributed by atoms with Crippen LogP contribution in [0.4, 0.5) is 17.6 Å².